The van der Waals surface area contributed by atoms with Crippen LogP contribution >= 0.6 is 11.6 Å². The van der Waals surface area contributed by atoms with Crippen LogP contribution < -0.4 is 0 Å². The molecule has 2 fully saturated rings. The monoisotopic (exact) mass is 318 g/mol. The van der Waals surface area contributed by atoms with Gasteiger partial charge in [-0.1, -0.05) is 19.1 Å². The van der Waals surface area contributed by atoms with E-state index in [9.17, 15) is 9.59 Å². The van der Waals surface area contributed by atoms with Crippen LogP contribution in [0, 0.1) is 28.6 Å². The van der Waals surface area contributed by atoms with Crippen LogP contribution in [0.5, 0.6) is 0 Å². The number of alkyl halides is 1. The zero-order chi connectivity index (χ0) is 15.5. The minimum Gasteiger partial charge on any atom is -0.299 e. The molecule has 0 saturated heterocycles. The van der Waals surface area contributed by atoms with Gasteiger partial charge < -0.3 is 0 Å². The molecule has 22 heavy (non-hydrogen) atoms. The Hall–Kier alpha value is -0.890. The zero-order valence-electron chi connectivity index (χ0n) is 13.1. The van der Waals surface area contributed by atoms with Crippen LogP contribution in [-0.2, 0) is 9.59 Å². The second-order valence-electron chi connectivity index (χ2n) is 7.92. The number of carbonyl (C=O) groups excluding carboxylic acids is 2. The van der Waals surface area contributed by atoms with Gasteiger partial charge in [-0.2, -0.15) is 0 Å². The summed E-state index contributed by atoms with van der Waals surface area (Å²) in [5, 5.41) is 0. The van der Waals surface area contributed by atoms with Gasteiger partial charge in [0.2, 0.25) is 0 Å². The summed E-state index contributed by atoms with van der Waals surface area (Å²) in [6.07, 6.45) is 11.6. The first-order valence-electron chi connectivity index (χ1n) is 8.54. The molecule has 4 aliphatic carbocycles. The number of Topliss-reactive ketones (excluding diaryl/α,β-unsaturated/α-hetero) is 1. The second-order valence-corrected chi connectivity index (χ2v) is 8.19. The highest BCUT2D eigenvalue weighted by Crippen LogP contribution is 2.62. The van der Waals surface area contributed by atoms with E-state index in [0.29, 0.717) is 35.8 Å². The summed E-state index contributed by atoms with van der Waals surface area (Å²) in [5.41, 5.74) is 0.986. The van der Waals surface area contributed by atoms with Crippen molar-refractivity contribution in [1.82, 2.24) is 0 Å². The molecule has 118 valence electrons. The number of carbonyl (C=O) groups is 2. The summed E-state index contributed by atoms with van der Waals surface area (Å²) in [5.74, 6) is 2.71. The van der Waals surface area contributed by atoms with E-state index < -0.39 is 0 Å². The molecule has 0 spiro atoms. The van der Waals surface area contributed by atoms with E-state index in [0.717, 1.165) is 37.7 Å². The molecule has 3 heteroatoms. The van der Waals surface area contributed by atoms with Gasteiger partial charge in [-0.3, -0.25) is 9.59 Å². The Morgan fingerprint density at radius 3 is 2.77 bits per heavy atom. The SMILES string of the molecule is C[C@]12CC[C@H]3[C@@H](C=CC4=CC(=O)CC[C@@]43CCl)[C@@H]1CCC2=O. The number of hydrogen-bond acceptors (Lipinski definition) is 2. The summed E-state index contributed by atoms with van der Waals surface area (Å²) < 4.78 is 0. The number of fused-ring (bicyclic) bond motifs is 5. The number of rotatable bonds is 1. The van der Waals surface area contributed by atoms with Crippen LogP contribution in [-0.4, -0.2) is 17.4 Å². The predicted octanol–water partition coefficient (Wildman–Crippen LogP) is 4.08. The van der Waals surface area contributed by atoms with Crippen LogP contribution in [0.15, 0.2) is 23.8 Å². The van der Waals surface area contributed by atoms with Crippen LogP contribution in [0.1, 0.15) is 45.4 Å². The molecule has 0 unspecified atom stereocenters. The molecule has 4 rings (SSSR count). The van der Waals surface area contributed by atoms with E-state index in [-0.39, 0.29) is 16.6 Å². The van der Waals surface area contributed by atoms with Gasteiger partial charge in [-0.05, 0) is 55.1 Å². The Labute approximate surface area is 137 Å². The fourth-order valence-electron chi connectivity index (χ4n) is 5.83. The Morgan fingerprint density at radius 1 is 1.18 bits per heavy atom. The largest absolute Gasteiger partial charge is 0.299 e. The van der Waals surface area contributed by atoms with Crippen LogP contribution in [0.2, 0.25) is 0 Å². The molecule has 0 aromatic carbocycles. The summed E-state index contributed by atoms with van der Waals surface area (Å²) in [7, 11) is 0. The van der Waals surface area contributed by atoms with Gasteiger partial charge in [-0.25, -0.2) is 0 Å². The highest BCUT2D eigenvalue weighted by atomic mass is 35.5. The predicted molar refractivity (Wildman–Crippen MR) is 86.7 cm³/mol. The van der Waals surface area contributed by atoms with Gasteiger partial charge in [0.25, 0.3) is 0 Å². The van der Waals surface area contributed by atoms with Gasteiger partial charge >= 0.3 is 0 Å². The second kappa shape index (κ2) is 4.80. The van der Waals surface area contributed by atoms with E-state index in [1.807, 2.05) is 6.08 Å². The topological polar surface area (TPSA) is 34.1 Å². The fraction of sp³-hybridized carbons (Fsp3) is 0.684. The highest BCUT2D eigenvalue weighted by molar-refractivity contribution is 6.18. The smallest absolute Gasteiger partial charge is 0.156 e. The van der Waals surface area contributed by atoms with Gasteiger partial charge in [0.05, 0.1) is 0 Å². The molecule has 2 nitrogen and oxygen atoms in total. The number of halogens is 1. The third kappa shape index (κ3) is 1.73. The first-order chi connectivity index (χ1) is 10.5. The fourth-order valence-corrected chi connectivity index (χ4v) is 6.32. The van der Waals surface area contributed by atoms with Crippen molar-refractivity contribution in [3.63, 3.8) is 0 Å². The first-order valence-corrected chi connectivity index (χ1v) is 9.07. The Morgan fingerprint density at radius 2 is 2.00 bits per heavy atom. The van der Waals surface area contributed by atoms with Crippen LogP contribution in [0.3, 0.4) is 0 Å². The lowest BCUT2D eigenvalue weighted by molar-refractivity contribution is -0.130. The van der Waals surface area contributed by atoms with Crippen molar-refractivity contribution in [3.05, 3.63) is 23.8 Å². The van der Waals surface area contributed by atoms with Gasteiger partial charge in [0, 0.05) is 29.6 Å². The molecule has 0 heterocycles. The average Bonchev–Trinajstić information content (AvgIpc) is 2.82. The number of ketones is 2. The molecule has 2 saturated carbocycles. The molecule has 0 N–H and O–H groups in total. The molecular weight excluding hydrogens is 296 g/mol. The van der Waals surface area contributed by atoms with Gasteiger partial charge in [0.15, 0.2) is 5.78 Å². The Balaban J connectivity index is 1.78. The molecular formula is C19H23ClO2. The van der Waals surface area contributed by atoms with Crippen LogP contribution in [0.4, 0.5) is 0 Å². The third-order valence-electron chi connectivity index (χ3n) is 7.20. The molecule has 0 bridgehead atoms. The van der Waals surface area contributed by atoms with Crippen molar-refractivity contribution in [3.8, 4) is 0 Å². The Bertz CT molecular complexity index is 605. The van der Waals surface area contributed by atoms with E-state index >= 15 is 0 Å². The lowest BCUT2D eigenvalue weighted by Gasteiger charge is -2.55. The van der Waals surface area contributed by atoms with E-state index in [4.69, 9.17) is 11.6 Å². The molecule has 0 radical (unpaired) electrons. The van der Waals surface area contributed by atoms with Gasteiger partial charge in [-0.15, -0.1) is 11.6 Å². The molecule has 0 aliphatic heterocycles. The van der Waals surface area contributed by atoms with Crippen molar-refractivity contribution in [1.29, 1.82) is 0 Å². The quantitative estimate of drug-likeness (QED) is 0.683. The van der Waals surface area contributed by atoms with Crippen molar-refractivity contribution < 1.29 is 9.59 Å². The molecule has 0 aromatic rings. The van der Waals surface area contributed by atoms with Crippen LogP contribution in [0.25, 0.3) is 0 Å². The molecule has 5 atom stereocenters. The summed E-state index contributed by atoms with van der Waals surface area (Å²) in [6.45, 7) is 2.18. The minimum atomic E-state index is -0.120. The number of allylic oxidation sites excluding steroid dienone is 4. The van der Waals surface area contributed by atoms with Gasteiger partial charge in [0.1, 0.15) is 5.78 Å². The highest BCUT2D eigenvalue weighted by Gasteiger charge is 2.58. The van der Waals surface area contributed by atoms with Crippen molar-refractivity contribution in [2.45, 2.75) is 45.4 Å². The van der Waals surface area contributed by atoms with Crippen molar-refractivity contribution in [2.24, 2.45) is 28.6 Å². The maximum atomic E-state index is 12.4. The summed E-state index contributed by atoms with van der Waals surface area (Å²) in [4.78, 5) is 24.2. The zero-order valence-corrected chi connectivity index (χ0v) is 13.9. The maximum Gasteiger partial charge on any atom is 0.156 e. The van der Waals surface area contributed by atoms with E-state index in [2.05, 4.69) is 19.1 Å². The molecule has 0 aromatic heterocycles. The van der Waals surface area contributed by atoms with Crippen molar-refractivity contribution in [2.75, 3.05) is 5.88 Å². The Kier molecular flexibility index (Phi) is 3.21. The van der Waals surface area contributed by atoms with E-state index in [1.165, 1.54) is 0 Å². The van der Waals surface area contributed by atoms with Crippen molar-refractivity contribution >= 4 is 23.2 Å². The minimum absolute atomic E-state index is 0.0398. The van der Waals surface area contributed by atoms with E-state index in [1.54, 1.807) is 0 Å². The normalized spacial score (nSPS) is 46.8. The average molecular weight is 319 g/mol. The lowest BCUT2D eigenvalue weighted by Crippen LogP contribution is -2.50. The first kappa shape index (κ1) is 14.7. The third-order valence-corrected chi connectivity index (χ3v) is 7.67. The standard InChI is InChI=1S/C19H23ClO2/c1-18-8-7-16-14(15(18)4-5-17(18)22)3-2-12-10-13(21)6-9-19(12,16)11-20/h2-3,10,14-16H,4-9,11H2,1H3/t14-,15-,16-,18-,19+/m0/s1. The lowest BCUT2D eigenvalue weighted by atomic mass is 9.49. The molecule has 0 amide bonds. The summed E-state index contributed by atoms with van der Waals surface area (Å²) in [6, 6.07) is 0. The summed E-state index contributed by atoms with van der Waals surface area (Å²) >= 11 is 6.47. The molecule has 4 aliphatic rings. The number of hydrogen-bond donors (Lipinski definition) is 0. The maximum absolute atomic E-state index is 12.4.